The molecule has 0 bridgehead atoms. The van der Waals surface area contributed by atoms with E-state index in [-0.39, 0.29) is 11.8 Å². The third kappa shape index (κ3) is 4.39. The van der Waals surface area contributed by atoms with Crippen LogP contribution < -0.4 is 15.4 Å². The molecule has 1 aliphatic heterocycles. The smallest absolute Gasteiger partial charge is 0.262 e. The lowest BCUT2D eigenvalue weighted by Gasteiger charge is -2.18. The Hall–Kier alpha value is -3.51. The molecule has 0 radical (unpaired) electrons. The largest absolute Gasteiger partial charge is 0.496 e. The molecule has 6 heteroatoms. The minimum absolute atomic E-state index is 0.127. The van der Waals surface area contributed by atoms with Gasteiger partial charge in [0.25, 0.3) is 11.8 Å². The standard InChI is InChI=1S/C24H20N2O3S/c1-29-20-8-4-2-6-18(20)15-25-23(27)17-12-10-16(11-13-17)14-22-24(28)26-19-7-3-5-9-21(19)30-22/h2-14H,15H2,1H3,(H,25,27)(H,26,28)/b22-14+. The minimum Gasteiger partial charge on any atom is -0.496 e. The van der Waals surface area contributed by atoms with Crippen molar-refractivity contribution < 1.29 is 14.3 Å². The van der Waals surface area contributed by atoms with Crippen LogP contribution in [0.5, 0.6) is 5.75 Å². The van der Waals surface area contributed by atoms with Crippen LogP contribution in [0.2, 0.25) is 0 Å². The molecule has 0 fully saturated rings. The molecule has 1 aliphatic rings. The van der Waals surface area contributed by atoms with Crippen molar-refractivity contribution in [2.45, 2.75) is 11.4 Å². The molecule has 150 valence electrons. The predicted octanol–water partition coefficient (Wildman–Crippen LogP) is 4.71. The van der Waals surface area contributed by atoms with Gasteiger partial charge in [-0.1, -0.05) is 54.2 Å². The van der Waals surface area contributed by atoms with Crippen LogP contribution in [0.1, 0.15) is 21.5 Å². The lowest BCUT2D eigenvalue weighted by Crippen LogP contribution is -2.23. The maximum atomic E-state index is 12.5. The molecule has 5 nitrogen and oxygen atoms in total. The van der Waals surface area contributed by atoms with E-state index in [1.807, 2.05) is 66.7 Å². The molecule has 2 amide bonds. The third-order valence-electron chi connectivity index (χ3n) is 4.68. The Morgan fingerprint density at radius 3 is 2.57 bits per heavy atom. The van der Waals surface area contributed by atoms with Gasteiger partial charge in [0.2, 0.25) is 0 Å². The van der Waals surface area contributed by atoms with Crippen molar-refractivity contribution in [2.24, 2.45) is 0 Å². The van der Waals surface area contributed by atoms with E-state index >= 15 is 0 Å². The van der Waals surface area contributed by atoms with E-state index in [1.54, 1.807) is 19.2 Å². The van der Waals surface area contributed by atoms with E-state index in [0.717, 1.165) is 27.5 Å². The van der Waals surface area contributed by atoms with Crippen molar-refractivity contribution in [3.8, 4) is 5.75 Å². The molecule has 30 heavy (non-hydrogen) atoms. The number of carbonyl (C=O) groups is 2. The summed E-state index contributed by atoms with van der Waals surface area (Å²) < 4.78 is 5.31. The average molecular weight is 417 g/mol. The number of carbonyl (C=O) groups excluding carboxylic acids is 2. The second-order valence-electron chi connectivity index (χ2n) is 6.68. The third-order valence-corrected chi connectivity index (χ3v) is 5.78. The van der Waals surface area contributed by atoms with Gasteiger partial charge in [-0.25, -0.2) is 0 Å². The maximum Gasteiger partial charge on any atom is 0.262 e. The Labute approximate surface area is 179 Å². The van der Waals surface area contributed by atoms with Crippen LogP contribution in [-0.2, 0) is 11.3 Å². The van der Waals surface area contributed by atoms with E-state index in [4.69, 9.17) is 4.74 Å². The summed E-state index contributed by atoms with van der Waals surface area (Å²) in [5.74, 6) is 0.445. The SMILES string of the molecule is COc1ccccc1CNC(=O)c1ccc(/C=C2/Sc3ccccc3NC2=O)cc1. The Morgan fingerprint density at radius 1 is 1.03 bits per heavy atom. The number of hydrogen-bond acceptors (Lipinski definition) is 4. The Bertz CT molecular complexity index is 1120. The number of methoxy groups -OCH3 is 1. The number of para-hydroxylation sites is 2. The zero-order chi connectivity index (χ0) is 20.9. The van der Waals surface area contributed by atoms with Crippen molar-refractivity contribution in [2.75, 3.05) is 12.4 Å². The molecule has 0 saturated heterocycles. The number of ether oxygens (including phenoxy) is 1. The van der Waals surface area contributed by atoms with E-state index < -0.39 is 0 Å². The quantitative estimate of drug-likeness (QED) is 0.591. The van der Waals surface area contributed by atoms with Gasteiger partial charge in [0.1, 0.15) is 5.75 Å². The number of benzene rings is 3. The number of nitrogens with one attached hydrogen (secondary N) is 2. The normalized spacial score (nSPS) is 14.0. The Balaban J connectivity index is 1.43. The van der Waals surface area contributed by atoms with Crippen LogP contribution in [0, 0.1) is 0 Å². The number of rotatable bonds is 5. The first-order valence-electron chi connectivity index (χ1n) is 9.44. The van der Waals surface area contributed by atoms with Gasteiger partial charge in [-0.15, -0.1) is 0 Å². The van der Waals surface area contributed by atoms with Gasteiger partial charge in [0, 0.05) is 22.6 Å². The predicted molar refractivity (Wildman–Crippen MR) is 120 cm³/mol. The van der Waals surface area contributed by atoms with E-state index in [0.29, 0.717) is 17.0 Å². The van der Waals surface area contributed by atoms with Gasteiger partial charge in [-0.05, 0) is 42.0 Å². The summed E-state index contributed by atoms with van der Waals surface area (Å²) in [6.45, 7) is 0.380. The van der Waals surface area contributed by atoms with Gasteiger partial charge in [0.05, 0.1) is 17.7 Å². The van der Waals surface area contributed by atoms with Gasteiger partial charge in [-0.2, -0.15) is 0 Å². The number of anilines is 1. The van der Waals surface area contributed by atoms with Crippen LogP contribution in [0.25, 0.3) is 6.08 Å². The van der Waals surface area contributed by atoms with Crippen LogP contribution in [-0.4, -0.2) is 18.9 Å². The number of fused-ring (bicyclic) bond motifs is 1. The zero-order valence-corrected chi connectivity index (χ0v) is 17.2. The van der Waals surface area contributed by atoms with Gasteiger partial charge in [-0.3, -0.25) is 9.59 Å². The van der Waals surface area contributed by atoms with Crippen LogP contribution >= 0.6 is 11.8 Å². The summed E-state index contributed by atoms with van der Waals surface area (Å²) in [5, 5.41) is 5.81. The van der Waals surface area contributed by atoms with Crippen LogP contribution in [0.3, 0.4) is 0 Å². The molecule has 2 N–H and O–H groups in total. The topological polar surface area (TPSA) is 67.4 Å². The van der Waals surface area contributed by atoms with Gasteiger partial charge in [0.15, 0.2) is 0 Å². The molecule has 1 heterocycles. The van der Waals surface area contributed by atoms with E-state index in [2.05, 4.69) is 10.6 Å². The zero-order valence-electron chi connectivity index (χ0n) is 16.3. The van der Waals surface area contributed by atoms with Crippen molar-refractivity contribution >= 4 is 35.3 Å². The molecule has 3 aromatic carbocycles. The van der Waals surface area contributed by atoms with E-state index in [9.17, 15) is 9.59 Å². The number of thioether (sulfide) groups is 1. The Kier molecular flexibility index (Phi) is 5.86. The summed E-state index contributed by atoms with van der Waals surface area (Å²) in [4.78, 5) is 26.4. The first-order chi connectivity index (χ1) is 14.6. The lowest BCUT2D eigenvalue weighted by molar-refractivity contribution is -0.112. The van der Waals surface area contributed by atoms with Crippen molar-refractivity contribution in [3.05, 3.63) is 94.4 Å². The molecular formula is C24H20N2O3S. The molecule has 0 aromatic heterocycles. The van der Waals surface area contributed by atoms with Crippen molar-refractivity contribution in [1.82, 2.24) is 5.32 Å². The van der Waals surface area contributed by atoms with Crippen LogP contribution in [0.15, 0.2) is 82.6 Å². The summed E-state index contributed by atoms with van der Waals surface area (Å²) in [6.07, 6.45) is 1.83. The molecule has 3 aromatic rings. The van der Waals surface area contributed by atoms with Crippen LogP contribution in [0.4, 0.5) is 5.69 Å². The maximum absolute atomic E-state index is 12.5. The van der Waals surface area contributed by atoms with Crippen molar-refractivity contribution in [1.29, 1.82) is 0 Å². The summed E-state index contributed by atoms with van der Waals surface area (Å²) in [5.41, 5.74) is 3.15. The molecule has 0 saturated carbocycles. The summed E-state index contributed by atoms with van der Waals surface area (Å²) >= 11 is 1.44. The summed E-state index contributed by atoms with van der Waals surface area (Å²) in [7, 11) is 1.61. The highest BCUT2D eigenvalue weighted by Crippen LogP contribution is 2.38. The van der Waals surface area contributed by atoms with Gasteiger partial charge < -0.3 is 15.4 Å². The number of hydrogen-bond donors (Lipinski definition) is 2. The molecule has 0 atom stereocenters. The highest BCUT2D eigenvalue weighted by atomic mass is 32.2. The second-order valence-corrected chi connectivity index (χ2v) is 7.76. The second kappa shape index (κ2) is 8.88. The number of amides is 2. The average Bonchev–Trinajstić information content (AvgIpc) is 2.78. The highest BCUT2D eigenvalue weighted by molar-refractivity contribution is 8.04. The monoisotopic (exact) mass is 416 g/mol. The minimum atomic E-state index is -0.168. The first kappa shape index (κ1) is 19.8. The lowest BCUT2D eigenvalue weighted by atomic mass is 10.1. The van der Waals surface area contributed by atoms with Gasteiger partial charge >= 0.3 is 0 Å². The van der Waals surface area contributed by atoms with Crippen molar-refractivity contribution in [3.63, 3.8) is 0 Å². The summed E-state index contributed by atoms with van der Waals surface area (Å²) in [6, 6.07) is 22.4. The van der Waals surface area contributed by atoms with E-state index in [1.165, 1.54) is 11.8 Å². The fourth-order valence-corrected chi connectivity index (χ4v) is 4.06. The molecule has 0 unspecified atom stereocenters. The molecule has 0 spiro atoms. The first-order valence-corrected chi connectivity index (χ1v) is 10.3. The molecule has 0 aliphatic carbocycles. The molecular weight excluding hydrogens is 396 g/mol. The Morgan fingerprint density at radius 2 is 1.77 bits per heavy atom. The molecule has 4 rings (SSSR count). The fraction of sp³-hybridized carbons (Fsp3) is 0.0833. The highest BCUT2D eigenvalue weighted by Gasteiger charge is 2.20. The fourth-order valence-electron chi connectivity index (χ4n) is 3.11.